The summed E-state index contributed by atoms with van der Waals surface area (Å²) in [6, 6.07) is 4.44. The van der Waals surface area contributed by atoms with Gasteiger partial charge < -0.3 is 15.2 Å². The number of halogens is 2. The molecule has 0 spiro atoms. The molecule has 1 amide bonds. The zero-order chi connectivity index (χ0) is 17.0. The number of rotatable bonds is 6. The standard InChI is InChI=1S/C14H13F2N3O4/c1-8-2-3-10(11(4-8)23-14(15)16)18-12(20)7-19-6-9(5-17-19)13(21)22/h2-6,14H,7H2,1H3,(H,18,20)(H,21,22). The summed E-state index contributed by atoms with van der Waals surface area (Å²) in [5, 5.41) is 14.9. The largest absolute Gasteiger partial charge is 0.478 e. The fourth-order valence-electron chi connectivity index (χ4n) is 1.82. The quantitative estimate of drug-likeness (QED) is 0.848. The fraction of sp³-hybridized carbons (Fsp3) is 0.214. The molecule has 0 aliphatic carbocycles. The second-order valence-electron chi connectivity index (χ2n) is 4.66. The maximum absolute atomic E-state index is 12.4. The van der Waals surface area contributed by atoms with Crippen LogP contribution in [0.3, 0.4) is 0 Å². The van der Waals surface area contributed by atoms with Gasteiger partial charge in [0.2, 0.25) is 5.91 Å². The van der Waals surface area contributed by atoms with Gasteiger partial charge in [-0.15, -0.1) is 0 Å². The summed E-state index contributed by atoms with van der Waals surface area (Å²) in [7, 11) is 0. The van der Waals surface area contributed by atoms with Crippen molar-refractivity contribution in [2.75, 3.05) is 5.32 Å². The molecule has 2 rings (SSSR count). The Morgan fingerprint density at radius 3 is 2.78 bits per heavy atom. The van der Waals surface area contributed by atoms with E-state index in [0.29, 0.717) is 5.56 Å². The van der Waals surface area contributed by atoms with Crippen LogP contribution in [0.1, 0.15) is 15.9 Å². The minimum atomic E-state index is -3.02. The van der Waals surface area contributed by atoms with Crippen LogP contribution in [0.5, 0.6) is 5.75 Å². The van der Waals surface area contributed by atoms with Crippen LogP contribution in [-0.2, 0) is 11.3 Å². The van der Waals surface area contributed by atoms with Gasteiger partial charge in [-0.2, -0.15) is 13.9 Å². The first-order chi connectivity index (χ1) is 10.8. The van der Waals surface area contributed by atoms with Crippen molar-refractivity contribution >= 4 is 17.6 Å². The molecule has 2 aromatic rings. The number of carbonyl (C=O) groups excluding carboxylic acids is 1. The molecule has 1 aromatic carbocycles. The number of carboxylic acids is 1. The van der Waals surface area contributed by atoms with E-state index in [-0.39, 0.29) is 23.5 Å². The molecule has 0 radical (unpaired) electrons. The van der Waals surface area contributed by atoms with Crippen LogP contribution < -0.4 is 10.1 Å². The minimum Gasteiger partial charge on any atom is -0.478 e. The smallest absolute Gasteiger partial charge is 0.387 e. The van der Waals surface area contributed by atoms with Crippen molar-refractivity contribution in [3.63, 3.8) is 0 Å². The molecule has 0 saturated carbocycles. The molecule has 9 heteroatoms. The summed E-state index contributed by atoms with van der Waals surface area (Å²) in [4.78, 5) is 22.7. The summed E-state index contributed by atoms with van der Waals surface area (Å²) in [5.74, 6) is -1.88. The number of carbonyl (C=O) groups is 2. The van der Waals surface area contributed by atoms with Gasteiger partial charge in [-0.1, -0.05) is 6.07 Å². The lowest BCUT2D eigenvalue weighted by molar-refractivity contribution is -0.117. The van der Waals surface area contributed by atoms with Gasteiger partial charge in [0.15, 0.2) is 0 Å². The van der Waals surface area contributed by atoms with Crippen molar-refractivity contribution in [3.05, 3.63) is 41.7 Å². The molecule has 0 aliphatic heterocycles. The highest BCUT2D eigenvalue weighted by Crippen LogP contribution is 2.27. The lowest BCUT2D eigenvalue weighted by atomic mass is 10.2. The van der Waals surface area contributed by atoms with Gasteiger partial charge in [-0.05, 0) is 24.6 Å². The number of nitrogens with zero attached hydrogens (tertiary/aromatic N) is 2. The summed E-state index contributed by atoms with van der Waals surface area (Å²) < 4.78 is 30.3. The van der Waals surface area contributed by atoms with Gasteiger partial charge in [-0.25, -0.2) is 4.79 Å². The Labute approximate surface area is 129 Å². The van der Waals surface area contributed by atoms with Crippen molar-refractivity contribution < 1.29 is 28.2 Å². The summed E-state index contributed by atoms with van der Waals surface area (Å²) in [5.41, 5.74) is 0.721. The van der Waals surface area contributed by atoms with E-state index in [0.717, 1.165) is 10.9 Å². The minimum absolute atomic E-state index is 0.0603. The van der Waals surface area contributed by atoms with Crippen molar-refractivity contribution in [3.8, 4) is 5.75 Å². The maximum Gasteiger partial charge on any atom is 0.387 e. The van der Waals surface area contributed by atoms with Crippen LogP contribution in [-0.4, -0.2) is 33.4 Å². The molecule has 0 aliphatic rings. The predicted octanol–water partition coefficient (Wildman–Crippen LogP) is 2.13. The molecule has 1 aromatic heterocycles. The van der Waals surface area contributed by atoms with Crippen molar-refractivity contribution in [1.82, 2.24) is 9.78 Å². The van der Waals surface area contributed by atoms with Crippen LogP contribution in [0.2, 0.25) is 0 Å². The van der Waals surface area contributed by atoms with Gasteiger partial charge in [0.25, 0.3) is 0 Å². The van der Waals surface area contributed by atoms with E-state index >= 15 is 0 Å². The number of alkyl halides is 2. The van der Waals surface area contributed by atoms with E-state index in [1.165, 1.54) is 18.3 Å². The molecule has 0 bridgehead atoms. The number of aromatic nitrogens is 2. The number of aryl methyl sites for hydroxylation is 1. The van der Waals surface area contributed by atoms with Gasteiger partial charge >= 0.3 is 12.6 Å². The van der Waals surface area contributed by atoms with Crippen LogP contribution >= 0.6 is 0 Å². The zero-order valence-electron chi connectivity index (χ0n) is 12.0. The van der Waals surface area contributed by atoms with E-state index in [2.05, 4.69) is 15.2 Å². The molecule has 2 N–H and O–H groups in total. The summed E-state index contributed by atoms with van der Waals surface area (Å²) in [6.07, 6.45) is 2.29. The van der Waals surface area contributed by atoms with Crippen molar-refractivity contribution in [2.45, 2.75) is 20.1 Å². The number of ether oxygens (including phenoxy) is 1. The first-order valence-electron chi connectivity index (χ1n) is 6.46. The molecular weight excluding hydrogens is 312 g/mol. The molecular formula is C14H13F2N3O4. The van der Waals surface area contributed by atoms with Gasteiger partial charge in [0.1, 0.15) is 12.3 Å². The first-order valence-corrected chi connectivity index (χ1v) is 6.46. The molecule has 122 valence electrons. The van der Waals surface area contributed by atoms with E-state index in [1.54, 1.807) is 13.0 Å². The Morgan fingerprint density at radius 1 is 1.43 bits per heavy atom. The molecule has 1 heterocycles. The number of amides is 1. The van der Waals surface area contributed by atoms with Gasteiger partial charge in [0, 0.05) is 6.20 Å². The number of hydrogen-bond acceptors (Lipinski definition) is 4. The topological polar surface area (TPSA) is 93.5 Å². The van der Waals surface area contributed by atoms with Gasteiger partial charge in [0.05, 0.1) is 17.4 Å². The van der Waals surface area contributed by atoms with Crippen LogP contribution in [0.25, 0.3) is 0 Å². The average Bonchev–Trinajstić information content (AvgIpc) is 2.90. The highest BCUT2D eigenvalue weighted by molar-refractivity contribution is 5.92. The highest BCUT2D eigenvalue weighted by Gasteiger charge is 2.14. The number of carboxylic acid groups (broad SMARTS) is 1. The first kappa shape index (κ1) is 16.4. The fourth-order valence-corrected chi connectivity index (χ4v) is 1.82. The van der Waals surface area contributed by atoms with E-state index in [9.17, 15) is 18.4 Å². The summed E-state index contributed by atoms with van der Waals surface area (Å²) in [6.45, 7) is -1.59. The Bertz CT molecular complexity index is 731. The predicted molar refractivity (Wildman–Crippen MR) is 75.6 cm³/mol. The monoisotopic (exact) mass is 325 g/mol. The van der Waals surface area contributed by atoms with Gasteiger partial charge in [-0.3, -0.25) is 9.48 Å². The van der Waals surface area contributed by atoms with Crippen LogP contribution in [0.4, 0.5) is 14.5 Å². The Morgan fingerprint density at radius 2 is 2.17 bits per heavy atom. The number of anilines is 1. The lowest BCUT2D eigenvalue weighted by Gasteiger charge is -2.12. The number of hydrogen-bond donors (Lipinski definition) is 2. The molecule has 0 unspecified atom stereocenters. The number of nitrogens with one attached hydrogen (secondary N) is 1. The third kappa shape index (κ3) is 4.50. The van der Waals surface area contributed by atoms with Crippen LogP contribution in [0, 0.1) is 6.92 Å². The van der Waals surface area contributed by atoms with E-state index in [1.807, 2.05) is 0 Å². The highest BCUT2D eigenvalue weighted by atomic mass is 19.3. The third-order valence-corrected chi connectivity index (χ3v) is 2.81. The van der Waals surface area contributed by atoms with Crippen molar-refractivity contribution in [1.29, 1.82) is 0 Å². The SMILES string of the molecule is Cc1ccc(NC(=O)Cn2cc(C(=O)O)cn2)c(OC(F)F)c1. The maximum atomic E-state index is 12.4. The normalized spacial score (nSPS) is 10.6. The van der Waals surface area contributed by atoms with Crippen LogP contribution in [0.15, 0.2) is 30.6 Å². The number of aromatic carboxylic acids is 1. The second-order valence-corrected chi connectivity index (χ2v) is 4.66. The average molecular weight is 325 g/mol. The molecule has 23 heavy (non-hydrogen) atoms. The lowest BCUT2D eigenvalue weighted by Crippen LogP contribution is -2.20. The van der Waals surface area contributed by atoms with E-state index < -0.39 is 18.5 Å². The third-order valence-electron chi connectivity index (χ3n) is 2.81. The molecule has 0 atom stereocenters. The second kappa shape index (κ2) is 6.86. The van der Waals surface area contributed by atoms with E-state index in [4.69, 9.17) is 5.11 Å². The zero-order valence-corrected chi connectivity index (χ0v) is 12.0. The molecule has 0 saturated heterocycles. The Hall–Kier alpha value is -2.97. The molecule has 7 nitrogen and oxygen atoms in total. The number of benzene rings is 1. The Balaban J connectivity index is 2.08. The molecule has 0 fully saturated rings. The van der Waals surface area contributed by atoms with Crippen molar-refractivity contribution in [2.24, 2.45) is 0 Å². The summed E-state index contributed by atoms with van der Waals surface area (Å²) >= 11 is 0. The Kier molecular flexibility index (Phi) is 4.89.